The normalized spacial score (nSPS) is 10.8. The summed E-state index contributed by atoms with van der Waals surface area (Å²) in [6.07, 6.45) is 1.50. The highest BCUT2D eigenvalue weighted by atomic mass is 16.1. The van der Waals surface area contributed by atoms with Gasteiger partial charge in [-0.1, -0.05) is 0 Å². The van der Waals surface area contributed by atoms with Gasteiger partial charge in [-0.2, -0.15) is 4.98 Å². The Hall–Kier alpha value is -1.65. The first kappa shape index (κ1) is 7.02. The number of nitrogens with zero attached hydrogens (tertiary/aromatic N) is 3. The Bertz CT molecular complexity index is 482. The van der Waals surface area contributed by atoms with E-state index in [1.54, 1.807) is 7.05 Å². The minimum atomic E-state index is -0.283. The minimum Gasteiger partial charge on any atom is -0.340 e. The van der Waals surface area contributed by atoms with Crippen molar-refractivity contribution in [1.29, 1.82) is 0 Å². The van der Waals surface area contributed by atoms with Crippen LogP contribution < -0.4 is 5.69 Å². The third kappa shape index (κ3) is 0.827. The molecule has 0 atom stereocenters. The quantitative estimate of drug-likeness (QED) is 0.594. The fraction of sp³-hybridized carbons (Fsp3) is 0.286. The monoisotopic (exact) mass is 164 g/mol. The molecule has 12 heavy (non-hydrogen) atoms. The van der Waals surface area contributed by atoms with Crippen LogP contribution in [0.1, 0.15) is 5.82 Å². The van der Waals surface area contributed by atoms with E-state index in [4.69, 9.17) is 0 Å². The summed E-state index contributed by atoms with van der Waals surface area (Å²) in [6.45, 7) is 1.84. The molecule has 0 saturated heterocycles. The van der Waals surface area contributed by atoms with E-state index in [1.807, 2.05) is 6.92 Å². The van der Waals surface area contributed by atoms with E-state index in [-0.39, 0.29) is 5.69 Å². The number of hydrogen-bond donors (Lipinski definition) is 1. The molecule has 5 heteroatoms. The molecule has 0 saturated carbocycles. The second-order valence-electron chi connectivity index (χ2n) is 2.66. The number of hydrogen-bond acceptors (Lipinski definition) is 3. The Morgan fingerprint density at radius 3 is 3.08 bits per heavy atom. The molecule has 2 heterocycles. The highest BCUT2D eigenvalue weighted by Gasteiger charge is 2.03. The van der Waals surface area contributed by atoms with Gasteiger partial charge < -0.3 is 4.98 Å². The molecule has 0 aliphatic carbocycles. The highest BCUT2D eigenvalue weighted by Crippen LogP contribution is 2.04. The van der Waals surface area contributed by atoms with Crippen molar-refractivity contribution in [2.45, 2.75) is 6.92 Å². The maximum Gasteiger partial charge on any atom is 0.349 e. The molecule has 2 aromatic rings. The van der Waals surface area contributed by atoms with E-state index in [9.17, 15) is 4.79 Å². The minimum absolute atomic E-state index is 0.283. The molecule has 2 aromatic heterocycles. The van der Waals surface area contributed by atoms with Gasteiger partial charge in [-0.3, -0.25) is 4.57 Å². The van der Waals surface area contributed by atoms with Gasteiger partial charge in [-0.15, -0.1) is 0 Å². The predicted molar refractivity (Wildman–Crippen MR) is 43.9 cm³/mol. The van der Waals surface area contributed by atoms with Gasteiger partial charge in [-0.05, 0) is 6.92 Å². The van der Waals surface area contributed by atoms with Crippen molar-refractivity contribution in [2.24, 2.45) is 7.05 Å². The van der Waals surface area contributed by atoms with Gasteiger partial charge in [0, 0.05) is 7.05 Å². The fourth-order valence-corrected chi connectivity index (χ4v) is 1.14. The van der Waals surface area contributed by atoms with E-state index in [0.29, 0.717) is 5.65 Å². The third-order valence-corrected chi connectivity index (χ3v) is 1.74. The molecule has 0 amide bonds. The molecule has 0 radical (unpaired) electrons. The summed E-state index contributed by atoms with van der Waals surface area (Å²) in [5.74, 6) is 0.785. The maximum absolute atomic E-state index is 11.0. The zero-order chi connectivity index (χ0) is 8.72. The fourth-order valence-electron chi connectivity index (χ4n) is 1.14. The number of nitrogens with one attached hydrogen (secondary N) is 1. The summed E-state index contributed by atoms with van der Waals surface area (Å²) in [5.41, 5.74) is 1.15. The van der Waals surface area contributed by atoms with Crippen LogP contribution >= 0.6 is 0 Å². The summed E-state index contributed by atoms with van der Waals surface area (Å²) >= 11 is 0. The maximum atomic E-state index is 11.0. The lowest BCUT2D eigenvalue weighted by Gasteiger charge is -1.93. The van der Waals surface area contributed by atoms with Crippen molar-refractivity contribution in [3.05, 3.63) is 22.5 Å². The molecule has 0 spiro atoms. The number of aromatic amines is 1. The Labute approximate surface area is 68.1 Å². The first-order valence-electron chi connectivity index (χ1n) is 3.57. The molecular weight excluding hydrogens is 156 g/mol. The van der Waals surface area contributed by atoms with Crippen LogP contribution in [0.15, 0.2) is 11.0 Å². The lowest BCUT2D eigenvalue weighted by atomic mass is 10.5. The van der Waals surface area contributed by atoms with Crippen molar-refractivity contribution >= 4 is 11.2 Å². The number of H-pyrrole nitrogens is 1. The van der Waals surface area contributed by atoms with Gasteiger partial charge in [0.1, 0.15) is 11.3 Å². The summed E-state index contributed by atoms with van der Waals surface area (Å²) in [6, 6.07) is 0. The summed E-state index contributed by atoms with van der Waals surface area (Å²) in [7, 11) is 1.65. The van der Waals surface area contributed by atoms with Gasteiger partial charge in [0.15, 0.2) is 5.65 Å². The molecule has 0 aromatic carbocycles. The molecule has 62 valence electrons. The van der Waals surface area contributed by atoms with Crippen molar-refractivity contribution in [3.8, 4) is 0 Å². The van der Waals surface area contributed by atoms with E-state index >= 15 is 0 Å². The second kappa shape index (κ2) is 2.17. The third-order valence-electron chi connectivity index (χ3n) is 1.74. The van der Waals surface area contributed by atoms with Crippen molar-refractivity contribution in [3.63, 3.8) is 0 Å². The van der Waals surface area contributed by atoms with Crippen LogP contribution in [0.4, 0.5) is 0 Å². The molecule has 0 aliphatic rings. The van der Waals surface area contributed by atoms with Gasteiger partial charge >= 0.3 is 5.69 Å². The van der Waals surface area contributed by atoms with Crippen molar-refractivity contribution in [2.75, 3.05) is 0 Å². The molecule has 1 N–H and O–H groups in total. The molecule has 2 rings (SSSR count). The van der Waals surface area contributed by atoms with E-state index in [0.717, 1.165) is 11.3 Å². The Kier molecular flexibility index (Phi) is 1.27. The SMILES string of the molecule is Cc1nc2c(cnc(=O)n2C)[nH]1. The van der Waals surface area contributed by atoms with E-state index < -0.39 is 0 Å². The standard InChI is InChI=1S/C7H8N4O/c1-4-9-5-3-8-7(12)11(2)6(5)10-4/h3H,1-2H3,(H,9,10). The number of aromatic nitrogens is 4. The van der Waals surface area contributed by atoms with Crippen molar-refractivity contribution < 1.29 is 0 Å². The van der Waals surface area contributed by atoms with Gasteiger partial charge in [0.05, 0.1) is 6.20 Å². The first-order chi connectivity index (χ1) is 5.68. The number of rotatable bonds is 0. The van der Waals surface area contributed by atoms with Gasteiger partial charge in [-0.25, -0.2) is 9.78 Å². The van der Waals surface area contributed by atoms with Crippen LogP contribution in [0.25, 0.3) is 11.2 Å². The van der Waals surface area contributed by atoms with Gasteiger partial charge in [0.2, 0.25) is 0 Å². The molecule has 0 fully saturated rings. The molecule has 0 bridgehead atoms. The summed E-state index contributed by atoms with van der Waals surface area (Å²) in [4.78, 5) is 21.8. The van der Waals surface area contributed by atoms with Crippen LogP contribution in [-0.4, -0.2) is 19.5 Å². The first-order valence-corrected chi connectivity index (χ1v) is 3.57. The molecular formula is C7H8N4O. The molecule has 5 nitrogen and oxygen atoms in total. The van der Waals surface area contributed by atoms with Crippen LogP contribution in [0.5, 0.6) is 0 Å². The van der Waals surface area contributed by atoms with Crippen LogP contribution in [0, 0.1) is 6.92 Å². The van der Waals surface area contributed by atoms with Crippen LogP contribution in [-0.2, 0) is 7.05 Å². The van der Waals surface area contributed by atoms with Crippen molar-refractivity contribution in [1.82, 2.24) is 19.5 Å². The molecule has 0 aliphatic heterocycles. The lowest BCUT2D eigenvalue weighted by molar-refractivity contribution is 0.840. The zero-order valence-electron chi connectivity index (χ0n) is 6.83. The average Bonchev–Trinajstić information content (AvgIpc) is 2.39. The number of aryl methyl sites for hydroxylation is 2. The largest absolute Gasteiger partial charge is 0.349 e. The predicted octanol–water partition coefficient (Wildman–Crippen LogP) is -0.0350. The zero-order valence-corrected chi connectivity index (χ0v) is 6.83. The van der Waals surface area contributed by atoms with Crippen LogP contribution in [0.3, 0.4) is 0 Å². The Morgan fingerprint density at radius 1 is 1.58 bits per heavy atom. The van der Waals surface area contributed by atoms with E-state index in [2.05, 4.69) is 15.0 Å². The Balaban J connectivity index is 2.99. The van der Waals surface area contributed by atoms with E-state index in [1.165, 1.54) is 10.8 Å². The summed E-state index contributed by atoms with van der Waals surface area (Å²) in [5, 5.41) is 0. The summed E-state index contributed by atoms with van der Waals surface area (Å²) < 4.78 is 1.42. The smallest absolute Gasteiger partial charge is 0.340 e. The topological polar surface area (TPSA) is 63.6 Å². The van der Waals surface area contributed by atoms with Crippen LogP contribution in [0.2, 0.25) is 0 Å². The average molecular weight is 164 g/mol. The second-order valence-corrected chi connectivity index (χ2v) is 2.66. The number of imidazole rings is 1. The van der Waals surface area contributed by atoms with Gasteiger partial charge in [0.25, 0.3) is 0 Å². The Morgan fingerprint density at radius 2 is 2.33 bits per heavy atom. The number of fused-ring (bicyclic) bond motifs is 1. The molecule has 0 unspecified atom stereocenters. The highest BCUT2D eigenvalue weighted by molar-refractivity contribution is 5.69. The lowest BCUT2D eigenvalue weighted by Crippen LogP contribution is -2.19.